The Morgan fingerprint density at radius 2 is 2.17 bits per heavy atom. The first-order chi connectivity index (χ1) is 11.7. The predicted octanol–water partition coefficient (Wildman–Crippen LogP) is 2.24. The summed E-state index contributed by atoms with van der Waals surface area (Å²) in [6.45, 7) is 0. The zero-order valence-corrected chi connectivity index (χ0v) is 13.4. The van der Waals surface area contributed by atoms with Gasteiger partial charge in [0.1, 0.15) is 11.8 Å². The Balaban J connectivity index is 1.56. The van der Waals surface area contributed by atoms with Crippen molar-refractivity contribution in [3.05, 3.63) is 36.6 Å². The van der Waals surface area contributed by atoms with Crippen molar-refractivity contribution in [1.29, 1.82) is 0 Å². The standard InChI is InChI=1S/C15H12N6O2S/c1-21-10-5-3-2-4-9(10)13-14(21)17-15(19-18-13)24-8-12(22)16-11-6-7-23-20-11/h2-7H,8H2,1H3,(H,16,20,22). The van der Waals surface area contributed by atoms with Crippen LogP contribution in [0.1, 0.15) is 0 Å². The second kappa shape index (κ2) is 5.93. The van der Waals surface area contributed by atoms with Crippen LogP contribution in [0.5, 0.6) is 0 Å². The number of anilines is 1. The molecular formula is C15H12N6O2S. The van der Waals surface area contributed by atoms with Crippen LogP contribution >= 0.6 is 11.8 Å². The highest BCUT2D eigenvalue weighted by Gasteiger charge is 2.13. The maximum absolute atomic E-state index is 11.9. The van der Waals surface area contributed by atoms with Crippen molar-refractivity contribution in [1.82, 2.24) is 24.9 Å². The summed E-state index contributed by atoms with van der Waals surface area (Å²) in [4.78, 5) is 16.4. The van der Waals surface area contributed by atoms with E-state index in [0.717, 1.165) is 22.1 Å². The fourth-order valence-corrected chi connectivity index (χ4v) is 3.02. The van der Waals surface area contributed by atoms with Crippen molar-refractivity contribution < 1.29 is 9.32 Å². The molecule has 0 spiro atoms. The maximum Gasteiger partial charge on any atom is 0.236 e. The number of hydrogen-bond acceptors (Lipinski definition) is 7. The fourth-order valence-electron chi connectivity index (χ4n) is 2.44. The summed E-state index contributed by atoms with van der Waals surface area (Å²) in [5.74, 6) is 0.322. The monoisotopic (exact) mass is 340 g/mol. The first kappa shape index (κ1) is 14.6. The van der Waals surface area contributed by atoms with Crippen LogP contribution in [-0.4, -0.2) is 36.6 Å². The number of fused-ring (bicyclic) bond motifs is 3. The number of para-hydroxylation sites is 1. The molecule has 0 aliphatic carbocycles. The molecule has 3 aromatic heterocycles. The van der Waals surface area contributed by atoms with Crippen molar-refractivity contribution in [2.45, 2.75) is 5.16 Å². The third kappa shape index (κ3) is 2.58. The van der Waals surface area contributed by atoms with E-state index in [1.807, 2.05) is 35.9 Å². The molecule has 0 aliphatic rings. The normalized spacial score (nSPS) is 11.2. The van der Waals surface area contributed by atoms with E-state index in [1.54, 1.807) is 6.07 Å². The Morgan fingerprint density at radius 3 is 3.00 bits per heavy atom. The maximum atomic E-state index is 11.9. The number of nitrogens with one attached hydrogen (secondary N) is 1. The van der Waals surface area contributed by atoms with E-state index in [1.165, 1.54) is 18.0 Å². The molecule has 9 heteroatoms. The molecule has 8 nitrogen and oxygen atoms in total. The second-order valence-electron chi connectivity index (χ2n) is 5.06. The predicted molar refractivity (Wildman–Crippen MR) is 89.7 cm³/mol. The van der Waals surface area contributed by atoms with E-state index < -0.39 is 0 Å². The van der Waals surface area contributed by atoms with Gasteiger partial charge < -0.3 is 14.4 Å². The number of carbonyl (C=O) groups excluding carboxylic acids is 1. The largest absolute Gasteiger partial charge is 0.363 e. The molecule has 1 N–H and O–H groups in total. The number of aromatic nitrogens is 5. The highest BCUT2D eigenvalue weighted by Crippen LogP contribution is 2.25. The van der Waals surface area contributed by atoms with E-state index in [-0.39, 0.29) is 11.7 Å². The smallest absolute Gasteiger partial charge is 0.236 e. The van der Waals surface area contributed by atoms with Gasteiger partial charge in [-0.25, -0.2) is 4.98 Å². The minimum Gasteiger partial charge on any atom is -0.363 e. The number of benzene rings is 1. The van der Waals surface area contributed by atoms with Gasteiger partial charge >= 0.3 is 0 Å². The van der Waals surface area contributed by atoms with Gasteiger partial charge in [0.25, 0.3) is 0 Å². The van der Waals surface area contributed by atoms with Crippen LogP contribution in [0.3, 0.4) is 0 Å². The SMILES string of the molecule is Cn1c2ccccc2c2nnc(SCC(=O)Nc3ccon3)nc21. The molecule has 4 aromatic rings. The lowest BCUT2D eigenvalue weighted by Crippen LogP contribution is -2.14. The number of amides is 1. The van der Waals surface area contributed by atoms with E-state index in [4.69, 9.17) is 0 Å². The minimum atomic E-state index is -0.213. The zero-order valence-electron chi connectivity index (χ0n) is 12.6. The molecule has 0 saturated heterocycles. The first-order valence-electron chi connectivity index (χ1n) is 7.13. The summed E-state index contributed by atoms with van der Waals surface area (Å²) < 4.78 is 6.63. The van der Waals surface area contributed by atoms with Gasteiger partial charge in [0.2, 0.25) is 11.1 Å². The lowest BCUT2D eigenvalue weighted by atomic mass is 10.2. The minimum absolute atomic E-state index is 0.157. The van der Waals surface area contributed by atoms with E-state index in [2.05, 4.69) is 30.2 Å². The number of aryl methyl sites for hydroxylation is 1. The average molecular weight is 340 g/mol. The zero-order chi connectivity index (χ0) is 16.5. The molecule has 1 amide bonds. The van der Waals surface area contributed by atoms with Gasteiger partial charge in [-0.2, -0.15) is 0 Å². The Bertz CT molecular complexity index is 1030. The highest BCUT2D eigenvalue weighted by atomic mass is 32.2. The molecule has 4 rings (SSSR count). The van der Waals surface area contributed by atoms with Crippen molar-refractivity contribution in [3.63, 3.8) is 0 Å². The van der Waals surface area contributed by atoms with Gasteiger partial charge in [0, 0.05) is 18.5 Å². The fraction of sp³-hybridized carbons (Fsp3) is 0.133. The van der Waals surface area contributed by atoms with E-state index >= 15 is 0 Å². The third-order valence-corrected chi connectivity index (χ3v) is 4.36. The number of thioether (sulfide) groups is 1. The van der Waals surface area contributed by atoms with Crippen molar-refractivity contribution in [2.75, 3.05) is 11.1 Å². The lowest BCUT2D eigenvalue weighted by molar-refractivity contribution is -0.113. The van der Waals surface area contributed by atoms with Crippen LogP contribution in [0, 0.1) is 0 Å². The van der Waals surface area contributed by atoms with Gasteiger partial charge in [-0.1, -0.05) is 35.1 Å². The molecular weight excluding hydrogens is 328 g/mol. The molecule has 0 fully saturated rings. The first-order valence-corrected chi connectivity index (χ1v) is 8.12. The van der Waals surface area contributed by atoms with Gasteiger partial charge in [-0.3, -0.25) is 4.79 Å². The summed E-state index contributed by atoms with van der Waals surface area (Å²) in [6.07, 6.45) is 1.39. The van der Waals surface area contributed by atoms with Crippen molar-refractivity contribution in [2.24, 2.45) is 7.05 Å². The van der Waals surface area contributed by atoms with E-state index in [9.17, 15) is 4.79 Å². The topological polar surface area (TPSA) is 98.7 Å². The van der Waals surface area contributed by atoms with Crippen LogP contribution < -0.4 is 5.32 Å². The molecule has 0 radical (unpaired) electrons. The van der Waals surface area contributed by atoms with Crippen molar-refractivity contribution >= 4 is 45.6 Å². The van der Waals surface area contributed by atoms with Crippen LogP contribution in [0.25, 0.3) is 22.1 Å². The second-order valence-corrected chi connectivity index (χ2v) is 6.01. The average Bonchev–Trinajstić information content (AvgIpc) is 3.21. The molecule has 120 valence electrons. The highest BCUT2D eigenvalue weighted by molar-refractivity contribution is 7.99. The molecule has 0 saturated carbocycles. The van der Waals surface area contributed by atoms with Gasteiger partial charge in [0.15, 0.2) is 11.5 Å². The molecule has 0 unspecified atom stereocenters. The quantitative estimate of drug-likeness (QED) is 0.569. The van der Waals surface area contributed by atoms with Gasteiger partial charge in [0.05, 0.1) is 11.3 Å². The van der Waals surface area contributed by atoms with Gasteiger partial charge in [-0.05, 0) is 6.07 Å². The number of rotatable bonds is 4. The number of hydrogen-bond donors (Lipinski definition) is 1. The molecule has 24 heavy (non-hydrogen) atoms. The third-order valence-electron chi connectivity index (χ3n) is 3.52. The molecule has 3 heterocycles. The molecule has 0 aliphatic heterocycles. The van der Waals surface area contributed by atoms with Crippen LogP contribution in [0.15, 0.2) is 46.3 Å². The summed E-state index contributed by atoms with van der Waals surface area (Å²) in [7, 11) is 1.94. The summed E-state index contributed by atoms with van der Waals surface area (Å²) >= 11 is 1.22. The summed E-state index contributed by atoms with van der Waals surface area (Å²) in [6, 6.07) is 9.50. The van der Waals surface area contributed by atoms with Crippen LogP contribution in [0.4, 0.5) is 5.82 Å². The molecule has 0 bridgehead atoms. The lowest BCUT2D eigenvalue weighted by Gasteiger charge is -2.01. The Hall–Kier alpha value is -2.94. The Labute approximate surface area is 140 Å². The summed E-state index contributed by atoms with van der Waals surface area (Å²) in [5, 5.41) is 16.1. The van der Waals surface area contributed by atoms with E-state index in [0.29, 0.717) is 11.0 Å². The van der Waals surface area contributed by atoms with Crippen LogP contribution in [0.2, 0.25) is 0 Å². The molecule has 0 atom stereocenters. The Morgan fingerprint density at radius 1 is 1.29 bits per heavy atom. The summed E-state index contributed by atoms with van der Waals surface area (Å²) in [5.41, 5.74) is 2.54. The molecule has 1 aromatic carbocycles. The van der Waals surface area contributed by atoms with Crippen LogP contribution in [-0.2, 0) is 11.8 Å². The number of carbonyl (C=O) groups is 1. The number of nitrogens with zero attached hydrogens (tertiary/aromatic N) is 5. The van der Waals surface area contributed by atoms with Crippen molar-refractivity contribution in [3.8, 4) is 0 Å². The van der Waals surface area contributed by atoms with Gasteiger partial charge in [-0.15, -0.1) is 10.2 Å². The Kier molecular flexibility index (Phi) is 3.62.